The predicted octanol–water partition coefficient (Wildman–Crippen LogP) is 4.35. The number of nitrogens with one attached hydrogen (secondary N) is 1. The Morgan fingerprint density at radius 1 is 1.18 bits per heavy atom. The lowest BCUT2D eigenvalue weighted by Crippen LogP contribution is -2.58. The number of hydrogen-bond acceptors (Lipinski definition) is 5. The number of carbonyl (C=O) groups excluding carboxylic acids is 2. The van der Waals surface area contributed by atoms with Crippen molar-refractivity contribution < 1.29 is 27.5 Å². The number of carbonyl (C=O) groups is 2. The number of pyridine rings is 1. The number of nitrogens with two attached hydrogens (primary N) is 1. The molecule has 1 unspecified atom stereocenters. The number of benzene rings is 2. The van der Waals surface area contributed by atoms with Gasteiger partial charge in [0.2, 0.25) is 5.91 Å². The molecule has 3 aromatic rings. The number of rotatable bonds is 6. The highest BCUT2D eigenvalue weighted by Crippen LogP contribution is 2.40. The number of amides is 2. The Labute approximate surface area is 221 Å². The molecule has 0 saturated carbocycles. The van der Waals surface area contributed by atoms with Crippen LogP contribution >= 0.6 is 11.6 Å². The first kappa shape index (κ1) is 25.6. The minimum absolute atomic E-state index is 0.241. The van der Waals surface area contributed by atoms with Crippen LogP contribution in [0.3, 0.4) is 0 Å². The van der Waals surface area contributed by atoms with Crippen LogP contribution in [0.25, 0.3) is 17.2 Å². The van der Waals surface area contributed by atoms with E-state index < -0.39 is 30.7 Å². The maximum Gasteiger partial charge on any atom is 0.282 e. The van der Waals surface area contributed by atoms with E-state index in [0.29, 0.717) is 34.1 Å². The first-order valence-electron chi connectivity index (χ1n) is 11.7. The molecule has 2 aromatic carbocycles. The second kappa shape index (κ2) is 10.0. The summed E-state index contributed by atoms with van der Waals surface area (Å²) in [5.74, 6) is -3.93. The largest absolute Gasteiger partial charge is 0.486 e. The number of aromatic nitrogens is 1. The van der Waals surface area contributed by atoms with E-state index in [2.05, 4.69) is 10.3 Å². The highest BCUT2D eigenvalue weighted by Gasteiger charge is 2.46. The van der Waals surface area contributed by atoms with Gasteiger partial charge in [0.25, 0.3) is 11.8 Å². The number of alkyl halides is 2. The topological polar surface area (TPSA) is 97.5 Å². The number of nitrogen functional groups attached to an aromatic ring is 1. The fourth-order valence-corrected chi connectivity index (χ4v) is 4.61. The van der Waals surface area contributed by atoms with Crippen molar-refractivity contribution in [2.45, 2.75) is 18.4 Å². The molecule has 11 heteroatoms. The Bertz CT molecular complexity index is 1440. The Hall–Kier alpha value is -4.05. The molecule has 1 fully saturated rings. The number of halogens is 4. The number of anilines is 1. The van der Waals surface area contributed by atoms with E-state index in [1.807, 2.05) is 6.07 Å². The summed E-state index contributed by atoms with van der Waals surface area (Å²) in [7, 11) is 0. The molecule has 3 heterocycles. The van der Waals surface area contributed by atoms with Gasteiger partial charge in [-0.25, -0.2) is 18.2 Å². The van der Waals surface area contributed by atoms with Gasteiger partial charge in [-0.15, -0.1) is 0 Å². The summed E-state index contributed by atoms with van der Waals surface area (Å²) in [6, 6.07) is 10.8. The second-order valence-corrected chi connectivity index (χ2v) is 9.60. The number of nitrogens with zero attached hydrogens (tertiary/aromatic N) is 2. The highest BCUT2D eigenvalue weighted by molar-refractivity contribution is 6.32. The van der Waals surface area contributed by atoms with Crippen LogP contribution in [0.4, 0.5) is 19.0 Å². The van der Waals surface area contributed by atoms with Crippen molar-refractivity contribution in [3.63, 3.8) is 0 Å². The summed E-state index contributed by atoms with van der Waals surface area (Å²) in [6.07, 6.45) is 4.68. The maximum absolute atomic E-state index is 14.8. The Balaban J connectivity index is 1.22. The number of fused-ring (bicyclic) bond motifs is 1. The zero-order valence-electron chi connectivity index (χ0n) is 19.9. The SMILES string of the molecule is Nc1ccc(C=CC(=O)NCC2Cc3cc(-c4ccc(C(=O)N5CC(F)(F)C5)c(F)c4)cc(Cl)c3O2)cn1. The standard InChI is InChI=1S/C27H22ClF3N4O3/c28-21-9-17(16-3-4-20(22(29)10-16)26(37)35-13-27(30,31)14-35)7-18-8-19(38-25(18)21)12-34-24(36)6-2-15-1-5-23(32)33-11-15/h1-7,9-11,19H,8,12-14H2,(H2,32,33)(H,34,36). The van der Waals surface area contributed by atoms with Crippen LogP contribution < -0.4 is 15.8 Å². The van der Waals surface area contributed by atoms with Crippen LogP contribution in [-0.2, 0) is 11.2 Å². The lowest BCUT2D eigenvalue weighted by Gasteiger charge is -2.38. The fourth-order valence-electron chi connectivity index (χ4n) is 4.32. The molecular formula is C27H22ClF3N4O3. The van der Waals surface area contributed by atoms with Crippen molar-refractivity contribution in [1.82, 2.24) is 15.2 Å². The van der Waals surface area contributed by atoms with Crippen LogP contribution in [0, 0.1) is 5.82 Å². The third-order valence-corrected chi connectivity index (χ3v) is 6.54. The third-order valence-electron chi connectivity index (χ3n) is 6.26. The van der Waals surface area contributed by atoms with Gasteiger partial charge in [-0.3, -0.25) is 9.59 Å². The lowest BCUT2D eigenvalue weighted by molar-refractivity contribution is -0.116. The minimum atomic E-state index is -2.93. The molecule has 2 amide bonds. The van der Waals surface area contributed by atoms with Gasteiger partial charge in [-0.2, -0.15) is 0 Å². The van der Waals surface area contributed by atoms with Crippen LogP contribution in [-0.4, -0.2) is 53.4 Å². The Morgan fingerprint density at radius 2 is 1.97 bits per heavy atom. The van der Waals surface area contributed by atoms with Crippen molar-refractivity contribution in [2.75, 3.05) is 25.4 Å². The van der Waals surface area contributed by atoms with Crippen molar-refractivity contribution in [3.8, 4) is 16.9 Å². The fraction of sp³-hybridized carbons (Fsp3) is 0.222. The van der Waals surface area contributed by atoms with Gasteiger partial charge in [-0.1, -0.05) is 17.7 Å². The highest BCUT2D eigenvalue weighted by atomic mass is 35.5. The van der Waals surface area contributed by atoms with E-state index >= 15 is 0 Å². The van der Waals surface area contributed by atoms with E-state index in [1.54, 1.807) is 36.5 Å². The van der Waals surface area contributed by atoms with Crippen molar-refractivity contribution in [1.29, 1.82) is 0 Å². The zero-order valence-corrected chi connectivity index (χ0v) is 20.6. The quantitative estimate of drug-likeness (QED) is 0.451. The summed E-state index contributed by atoms with van der Waals surface area (Å²) < 4.78 is 46.8. The summed E-state index contributed by atoms with van der Waals surface area (Å²) in [5.41, 5.74) is 7.88. The molecule has 7 nitrogen and oxygen atoms in total. The number of ether oxygens (including phenoxy) is 1. The van der Waals surface area contributed by atoms with E-state index in [4.69, 9.17) is 22.1 Å². The minimum Gasteiger partial charge on any atom is -0.486 e. The molecule has 0 spiro atoms. The van der Waals surface area contributed by atoms with Crippen LogP contribution in [0.1, 0.15) is 21.5 Å². The van der Waals surface area contributed by atoms with Gasteiger partial charge >= 0.3 is 0 Å². The van der Waals surface area contributed by atoms with Crippen LogP contribution in [0.5, 0.6) is 5.75 Å². The van der Waals surface area contributed by atoms with E-state index in [-0.39, 0.29) is 24.1 Å². The predicted molar refractivity (Wildman–Crippen MR) is 137 cm³/mol. The van der Waals surface area contributed by atoms with Crippen molar-refractivity contribution >= 4 is 35.3 Å². The van der Waals surface area contributed by atoms with Crippen LogP contribution in [0.2, 0.25) is 5.02 Å². The van der Waals surface area contributed by atoms with Gasteiger partial charge in [-0.05, 0) is 59.2 Å². The monoisotopic (exact) mass is 542 g/mol. The van der Waals surface area contributed by atoms with Gasteiger partial charge in [0, 0.05) is 24.3 Å². The number of likely N-dealkylation sites (tertiary alicyclic amines) is 1. The summed E-state index contributed by atoms with van der Waals surface area (Å²) >= 11 is 6.43. The molecule has 3 N–H and O–H groups in total. The van der Waals surface area contributed by atoms with Crippen molar-refractivity contribution in [3.05, 3.63) is 82.3 Å². The molecule has 5 rings (SSSR count). The lowest BCUT2D eigenvalue weighted by atomic mass is 9.98. The summed E-state index contributed by atoms with van der Waals surface area (Å²) in [4.78, 5) is 29.4. The Morgan fingerprint density at radius 3 is 2.66 bits per heavy atom. The second-order valence-electron chi connectivity index (χ2n) is 9.20. The average molecular weight is 543 g/mol. The average Bonchev–Trinajstić information content (AvgIpc) is 3.29. The number of hydrogen-bond donors (Lipinski definition) is 2. The van der Waals surface area contributed by atoms with E-state index in [0.717, 1.165) is 16.0 Å². The van der Waals surface area contributed by atoms with Gasteiger partial charge in [0.05, 0.1) is 30.2 Å². The van der Waals surface area contributed by atoms with Gasteiger partial charge in [0.1, 0.15) is 23.5 Å². The summed E-state index contributed by atoms with van der Waals surface area (Å²) in [5, 5.41) is 3.11. The Kier molecular flexibility index (Phi) is 6.75. The molecular weight excluding hydrogens is 521 g/mol. The third kappa shape index (κ3) is 5.45. The van der Waals surface area contributed by atoms with Gasteiger partial charge in [0.15, 0.2) is 0 Å². The molecule has 0 bridgehead atoms. The molecule has 1 aromatic heterocycles. The molecule has 1 atom stereocenters. The zero-order chi connectivity index (χ0) is 27.0. The summed E-state index contributed by atoms with van der Waals surface area (Å²) in [6.45, 7) is -1.19. The molecule has 0 radical (unpaired) electrons. The van der Waals surface area contributed by atoms with Gasteiger partial charge < -0.3 is 20.7 Å². The van der Waals surface area contributed by atoms with E-state index in [9.17, 15) is 22.8 Å². The van der Waals surface area contributed by atoms with E-state index in [1.165, 1.54) is 18.2 Å². The molecule has 2 aliphatic rings. The smallest absolute Gasteiger partial charge is 0.282 e. The first-order chi connectivity index (χ1) is 18.1. The maximum atomic E-state index is 14.8. The molecule has 196 valence electrons. The molecule has 1 saturated heterocycles. The molecule has 0 aliphatic carbocycles. The first-order valence-corrected chi connectivity index (χ1v) is 12.1. The molecule has 2 aliphatic heterocycles. The normalized spacial score (nSPS) is 17.6. The van der Waals surface area contributed by atoms with Crippen molar-refractivity contribution in [2.24, 2.45) is 0 Å². The molecule has 38 heavy (non-hydrogen) atoms. The van der Waals surface area contributed by atoms with Crippen LogP contribution in [0.15, 0.2) is 54.7 Å².